The largest absolute Gasteiger partial charge is 0.488 e. The molecule has 0 amide bonds. The lowest BCUT2D eigenvalue weighted by Crippen LogP contribution is -1.95. The highest BCUT2D eigenvalue weighted by Crippen LogP contribution is 2.22. The Bertz CT molecular complexity index is 675. The first kappa shape index (κ1) is 14.7. The third-order valence-electron chi connectivity index (χ3n) is 2.60. The van der Waals surface area contributed by atoms with Gasteiger partial charge in [0.05, 0.1) is 4.92 Å². The molecule has 0 spiro atoms. The van der Waals surface area contributed by atoms with Crippen LogP contribution in [0.5, 0.6) is 5.75 Å². The average molecular weight is 305 g/mol. The maximum Gasteiger partial charge on any atom is 0.328 e. The summed E-state index contributed by atoms with van der Waals surface area (Å²) in [5.41, 5.74) is 0.785. The van der Waals surface area contributed by atoms with Crippen molar-refractivity contribution in [3.63, 3.8) is 0 Å². The molecule has 2 aromatic rings. The van der Waals surface area contributed by atoms with Gasteiger partial charge in [-0.1, -0.05) is 0 Å². The van der Waals surface area contributed by atoms with E-state index in [2.05, 4.69) is 0 Å². The highest BCUT2D eigenvalue weighted by Gasteiger charge is 2.06. The van der Waals surface area contributed by atoms with E-state index < -0.39 is 10.9 Å². The standard InChI is InChI=1S/C14H11NO5S/c16-14(17)6-1-10-7-8-21-13(10)9-20-12-4-2-11(3-5-12)15(18)19/h1-8H,9H2,(H,16,17). The van der Waals surface area contributed by atoms with Crippen LogP contribution in [-0.4, -0.2) is 16.0 Å². The van der Waals surface area contributed by atoms with Crippen molar-refractivity contribution in [2.45, 2.75) is 6.61 Å². The van der Waals surface area contributed by atoms with E-state index in [-0.39, 0.29) is 12.3 Å². The fourth-order valence-electron chi connectivity index (χ4n) is 1.59. The van der Waals surface area contributed by atoms with Crippen LogP contribution in [0.1, 0.15) is 10.4 Å². The number of carbonyl (C=O) groups is 1. The summed E-state index contributed by atoms with van der Waals surface area (Å²) in [5.74, 6) is -0.495. The van der Waals surface area contributed by atoms with Crippen molar-refractivity contribution < 1.29 is 19.6 Å². The molecule has 108 valence electrons. The number of nitro benzene ring substituents is 1. The summed E-state index contributed by atoms with van der Waals surface area (Å²) in [6.07, 6.45) is 2.57. The number of nitrogens with zero attached hydrogens (tertiary/aromatic N) is 1. The minimum Gasteiger partial charge on any atom is -0.488 e. The Balaban J connectivity index is 2.01. The Kier molecular flexibility index (Phi) is 4.68. The highest BCUT2D eigenvalue weighted by atomic mass is 32.1. The van der Waals surface area contributed by atoms with E-state index in [9.17, 15) is 14.9 Å². The zero-order chi connectivity index (χ0) is 15.2. The normalized spacial score (nSPS) is 10.7. The van der Waals surface area contributed by atoms with Gasteiger partial charge < -0.3 is 9.84 Å². The number of ether oxygens (including phenoxy) is 1. The number of aliphatic carboxylic acids is 1. The molecule has 0 saturated carbocycles. The van der Waals surface area contributed by atoms with Crippen LogP contribution in [-0.2, 0) is 11.4 Å². The second-order valence-electron chi connectivity index (χ2n) is 4.01. The van der Waals surface area contributed by atoms with Crippen LogP contribution >= 0.6 is 11.3 Å². The van der Waals surface area contributed by atoms with Crippen LogP contribution in [0.15, 0.2) is 41.8 Å². The smallest absolute Gasteiger partial charge is 0.328 e. The molecule has 0 saturated heterocycles. The van der Waals surface area contributed by atoms with Gasteiger partial charge in [-0.2, -0.15) is 0 Å². The second-order valence-corrected chi connectivity index (χ2v) is 5.01. The fourth-order valence-corrected chi connectivity index (χ4v) is 2.37. The predicted octanol–water partition coefficient (Wildman–Crippen LogP) is 3.33. The molecule has 0 aliphatic rings. The number of rotatable bonds is 6. The molecular formula is C14H11NO5S. The number of nitro groups is 1. The van der Waals surface area contributed by atoms with Gasteiger partial charge in [0.2, 0.25) is 0 Å². The van der Waals surface area contributed by atoms with Gasteiger partial charge in [-0.05, 0) is 35.2 Å². The molecule has 1 aromatic carbocycles. The van der Waals surface area contributed by atoms with Crippen molar-refractivity contribution in [1.29, 1.82) is 0 Å². The highest BCUT2D eigenvalue weighted by molar-refractivity contribution is 7.10. The quantitative estimate of drug-likeness (QED) is 0.502. The molecule has 21 heavy (non-hydrogen) atoms. The average Bonchev–Trinajstić information content (AvgIpc) is 2.90. The molecule has 1 aromatic heterocycles. The van der Waals surface area contributed by atoms with Crippen LogP contribution in [0.2, 0.25) is 0 Å². The number of benzene rings is 1. The maximum absolute atomic E-state index is 10.5. The van der Waals surface area contributed by atoms with Gasteiger partial charge in [-0.25, -0.2) is 4.79 Å². The first-order valence-electron chi connectivity index (χ1n) is 5.91. The third-order valence-corrected chi connectivity index (χ3v) is 3.51. The van der Waals surface area contributed by atoms with E-state index in [1.807, 2.05) is 5.38 Å². The summed E-state index contributed by atoms with van der Waals surface area (Å²) >= 11 is 1.45. The number of carboxylic acids is 1. The first-order chi connectivity index (χ1) is 10.1. The van der Waals surface area contributed by atoms with Gasteiger partial charge >= 0.3 is 5.97 Å². The van der Waals surface area contributed by atoms with Crippen LogP contribution < -0.4 is 4.74 Å². The zero-order valence-corrected chi connectivity index (χ0v) is 11.6. The SMILES string of the molecule is O=C(O)C=Cc1ccsc1COc1ccc([N+](=O)[O-])cc1. The number of carboxylic acid groups (broad SMARTS) is 1. The molecular weight excluding hydrogens is 294 g/mol. The van der Waals surface area contributed by atoms with Crippen LogP contribution in [0.3, 0.4) is 0 Å². The Morgan fingerprint density at radius 2 is 2.05 bits per heavy atom. The Hall–Kier alpha value is -2.67. The van der Waals surface area contributed by atoms with Gasteiger partial charge in [-0.15, -0.1) is 11.3 Å². The van der Waals surface area contributed by atoms with Gasteiger partial charge in [0, 0.05) is 23.1 Å². The van der Waals surface area contributed by atoms with E-state index in [0.29, 0.717) is 5.75 Å². The number of hydrogen-bond donors (Lipinski definition) is 1. The molecule has 1 N–H and O–H groups in total. The second kappa shape index (κ2) is 6.67. The maximum atomic E-state index is 10.5. The topological polar surface area (TPSA) is 89.7 Å². The van der Waals surface area contributed by atoms with Crippen molar-refractivity contribution >= 4 is 29.1 Å². The molecule has 0 unspecified atom stereocenters. The lowest BCUT2D eigenvalue weighted by atomic mass is 10.2. The molecule has 6 nitrogen and oxygen atoms in total. The van der Waals surface area contributed by atoms with Gasteiger partial charge in [-0.3, -0.25) is 10.1 Å². The summed E-state index contributed by atoms with van der Waals surface area (Å²) in [6.45, 7) is 0.273. The van der Waals surface area contributed by atoms with E-state index >= 15 is 0 Å². The molecule has 2 rings (SSSR count). The summed E-state index contributed by atoms with van der Waals surface area (Å²) in [4.78, 5) is 21.4. The molecule has 7 heteroatoms. The monoisotopic (exact) mass is 305 g/mol. The van der Waals surface area contributed by atoms with Crippen molar-refractivity contribution in [2.24, 2.45) is 0 Å². The van der Waals surface area contributed by atoms with Crippen LogP contribution in [0.25, 0.3) is 6.08 Å². The molecule has 0 fully saturated rings. The lowest BCUT2D eigenvalue weighted by Gasteiger charge is -2.05. The first-order valence-corrected chi connectivity index (χ1v) is 6.79. The number of thiophene rings is 1. The van der Waals surface area contributed by atoms with E-state index in [4.69, 9.17) is 9.84 Å². The molecule has 0 aliphatic heterocycles. The molecule has 0 atom stereocenters. The van der Waals surface area contributed by atoms with Gasteiger partial charge in [0.25, 0.3) is 5.69 Å². The van der Waals surface area contributed by atoms with Crippen molar-refractivity contribution in [3.05, 3.63) is 62.3 Å². The van der Waals surface area contributed by atoms with Crippen LogP contribution in [0, 0.1) is 10.1 Å². The lowest BCUT2D eigenvalue weighted by molar-refractivity contribution is -0.384. The summed E-state index contributed by atoms with van der Waals surface area (Å²) in [5, 5.41) is 21.0. The Morgan fingerprint density at radius 1 is 1.33 bits per heavy atom. The van der Waals surface area contributed by atoms with Gasteiger partial charge in [0.15, 0.2) is 0 Å². The molecule has 0 bridgehead atoms. The van der Waals surface area contributed by atoms with E-state index in [0.717, 1.165) is 16.5 Å². The van der Waals surface area contributed by atoms with Gasteiger partial charge in [0.1, 0.15) is 12.4 Å². The zero-order valence-electron chi connectivity index (χ0n) is 10.8. The predicted molar refractivity (Wildman–Crippen MR) is 78.4 cm³/mol. The van der Waals surface area contributed by atoms with E-state index in [1.54, 1.807) is 6.07 Å². The Labute approximate surface area is 124 Å². The van der Waals surface area contributed by atoms with Crippen molar-refractivity contribution in [2.75, 3.05) is 0 Å². The van der Waals surface area contributed by atoms with Crippen molar-refractivity contribution in [1.82, 2.24) is 0 Å². The van der Waals surface area contributed by atoms with Crippen molar-refractivity contribution in [3.8, 4) is 5.75 Å². The minimum atomic E-state index is -1.01. The molecule has 0 aliphatic carbocycles. The Morgan fingerprint density at radius 3 is 2.67 bits per heavy atom. The summed E-state index contributed by atoms with van der Waals surface area (Å²) in [6, 6.07) is 7.60. The third kappa shape index (κ3) is 4.15. The minimum absolute atomic E-state index is 0.00329. The molecule has 0 radical (unpaired) electrons. The van der Waals surface area contributed by atoms with Crippen LogP contribution in [0.4, 0.5) is 5.69 Å². The summed E-state index contributed by atoms with van der Waals surface area (Å²) < 4.78 is 5.54. The fraction of sp³-hybridized carbons (Fsp3) is 0.0714. The van der Waals surface area contributed by atoms with E-state index in [1.165, 1.54) is 41.7 Å². The molecule has 1 heterocycles. The summed E-state index contributed by atoms with van der Waals surface area (Å²) in [7, 11) is 0. The number of non-ortho nitro benzene ring substituents is 1. The number of hydrogen-bond acceptors (Lipinski definition) is 5.